The van der Waals surface area contributed by atoms with Crippen LogP contribution in [0, 0.1) is 5.92 Å². The second-order valence-corrected chi connectivity index (χ2v) is 9.30. The molecule has 0 atom stereocenters. The summed E-state index contributed by atoms with van der Waals surface area (Å²) < 4.78 is 0. The third-order valence-electron chi connectivity index (χ3n) is 3.46. The van der Waals surface area contributed by atoms with Gasteiger partial charge in [-0.15, -0.1) is 0 Å². The van der Waals surface area contributed by atoms with Crippen molar-refractivity contribution in [2.45, 2.75) is 51.7 Å². The van der Waals surface area contributed by atoms with Gasteiger partial charge in [0.15, 0.2) is 0 Å². The third-order valence-corrected chi connectivity index (χ3v) is 8.58. The average molecular weight is 182 g/mol. The van der Waals surface area contributed by atoms with Gasteiger partial charge in [0.25, 0.3) is 0 Å². The zero-order valence-corrected chi connectivity index (χ0v) is 9.77. The molecule has 70 valence electrons. The third kappa shape index (κ3) is 2.48. The van der Waals surface area contributed by atoms with E-state index in [2.05, 4.69) is 32.5 Å². The molecule has 0 saturated heterocycles. The fraction of sp³-hybridized carbons (Fsp3) is 0.818. The summed E-state index contributed by atoms with van der Waals surface area (Å²) in [6.45, 7) is 7.11. The van der Waals surface area contributed by atoms with Gasteiger partial charge in [-0.1, -0.05) is 50.7 Å². The second-order valence-electron chi connectivity index (χ2n) is 4.12. The summed E-state index contributed by atoms with van der Waals surface area (Å²) in [4.78, 5) is 0. The van der Waals surface area contributed by atoms with Crippen molar-refractivity contribution >= 4 is 8.07 Å². The van der Waals surface area contributed by atoms with Crippen molar-refractivity contribution in [1.82, 2.24) is 0 Å². The van der Waals surface area contributed by atoms with Gasteiger partial charge in [-0.3, -0.25) is 0 Å². The molecule has 12 heavy (non-hydrogen) atoms. The smallest absolute Gasteiger partial charge is 0.0766 e. The Morgan fingerprint density at radius 1 is 1.08 bits per heavy atom. The summed E-state index contributed by atoms with van der Waals surface area (Å²) in [5.74, 6) is 0.974. The summed E-state index contributed by atoms with van der Waals surface area (Å²) in [6, 6.07) is 4.30. The number of hydrogen-bond acceptors (Lipinski definition) is 0. The first kappa shape index (κ1) is 10.0. The minimum absolute atomic E-state index is 0.921. The number of rotatable bonds is 5. The molecule has 0 aromatic carbocycles. The lowest BCUT2D eigenvalue weighted by Crippen LogP contribution is -2.28. The van der Waals surface area contributed by atoms with Crippen LogP contribution in [-0.4, -0.2) is 8.07 Å². The lowest BCUT2D eigenvalue weighted by molar-refractivity contribution is 1.11. The van der Waals surface area contributed by atoms with Crippen LogP contribution < -0.4 is 0 Å². The Bertz CT molecular complexity index is 144. The highest BCUT2D eigenvalue weighted by molar-refractivity contribution is 6.84. The van der Waals surface area contributed by atoms with Gasteiger partial charge in [0, 0.05) is 0 Å². The van der Waals surface area contributed by atoms with E-state index in [0.717, 1.165) is 5.92 Å². The van der Waals surface area contributed by atoms with E-state index >= 15 is 0 Å². The van der Waals surface area contributed by atoms with Crippen molar-refractivity contribution in [3.05, 3.63) is 11.8 Å². The van der Waals surface area contributed by atoms with Gasteiger partial charge in [0.2, 0.25) is 0 Å². The molecule has 0 spiro atoms. The van der Waals surface area contributed by atoms with E-state index in [4.69, 9.17) is 0 Å². The van der Waals surface area contributed by atoms with Gasteiger partial charge in [0.1, 0.15) is 0 Å². The van der Waals surface area contributed by atoms with Crippen molar-refractivity contribution in [2.24, 2.45) is 5.92 Å². The van der Waals surface area contributed by atoms with E-state index in [1.807, 2.05) is 0 Å². The highest BCUT2D eigenvalue weighted by Crippen LogP contribution is 2.32. The van der Waals surface area contributed by atoms with E-state index in [0.29, 0.717) is 0 Å². The molecule has 0 amide bonds. The molecule has 0 nitrogen and oxygen atoms in total. The maximum absolute atomic E-state index is 2.63. The second kappa shape index (κ2) is 4.27. The van der Waals surface area contributed by atoms with E-state index in [1.54, 1.807) is 0 Å². The van der Waals surface area contributed by atoms with E-state index in [1.165, 1.54) is 31.0 Å². The quantitative estimate of drug-likeness (QED) is 0.564. The first-order valence-corrected chi connectivity index (χ1v) is 8.15. The number of hydrogen-bond donors (Lipinski definition) is 0. The van der Waals surface area contributed by atoms with Crippen LogP contribution in [0.1, 0.15) is 33.6 Å². The van der Waals surface area contributed by atoms with Crippen LogP contribution in [0.15, 0.2) is 11.8 Å². The predicted octanol–water partition coefficient (Wildman–Crippen LogP) is 4.00. The minimum atomic E-state index is -0.921. The Hall–Kier alpha value is -0.0431. The van der Waals surface area contributed by atoms with Gasteiger partial charge in [-0.05, 0) is 18.8 Å². The van der Waals surface area contributed by atoms with E-state index in [-0.39, 0.29) is 0 Å². The van der Waals surface area contributed by atoms with E-state index in [9.17, 15) is 0 Å². The molecule has 0 N–H and O–H groups in total. The zero-order chi connectivity index (χ0) is 9.03. The largest absolute Gasteiger partial charge is 0.0979 e. The first-order valence-electron chi connectivity index (χ1n) is 5.45. The summed E-state index contributed by atoms with van der Waals surface area (Å²) in [5, 5.41) is 0. The molecule has 1 aliphatic carbocycles. The maximum Gasteiger partial charge on any atom is 0.0766 e. The van der Waals surface area contributed by atoms with Crippen molar-refractivity contribution in [3.63, 3.8) is 0 Å². The molecule has 0 bridgehead atoms. The average Bonchev–Trinajstić information content (AvgIpc) is 2.92. The van der Waals surface area contributed by atoms with Crippen molar-refractivity contribution in [2.75, 3.05) is 0 Å². The molecule has 1 aliphatic rings. The van der Waals surface area contributed by atoms with Gasteiger partial charge in [-0.2, -0.15) is 0 Å². The molecule has 0 aromatic heterocycles. The summed E-state index contributed by atoms with van der Waals surface area (Å²) in [6.07, 6.45) is 5.43. The van der Waals surface area contributed by atoms with Crippen LogP contribution in [0.5, 0.6) is 0 Å². The molecule has 0 aromatic rings. The minimum Gasteiger partial charge on any atom is -0.0979 e. The topological polar surface area (TPSA) is 0 Å². The van der Waals surface area contributed by atoms with Crippen LogP contribution in [0.25, 0.3) is 0 Å². The van der Waals surface area contributed by atoms with Gasteiger partial charge < -0.3 is 0 Å². The van der Waals surface area contributed by atoms with E-state index < -0.39 is 8.07 Å². The molecule has 1 rings (SSSR count). The molecule has 0 radical (unpaired) electrons. The molecular weight excluding hydrogens is 160 g/mol. The first-order chi connectivity index (χ1) is 5.76. The normalized spacial score (nSPS) is 18.9. The fourth-order valence-electron chi connectivity index (χ4n) is 1.73. The summed E-state index contributed by atoms with van der Waals surface area (Å²) in [5.41, 5.74) is 2.63. The molecule has 0 unspecified atom stereocenters. The highest BCUT2D eigenvalue weighted by atomic mass is 28.3. The summed E-state index contributed by atoms with van der Waals surface area (Å²) >= 11 is 0. The molecule has 1 fully saturated rings. The lowest BCUT2D eigenvalue weighted by atomic mass is 10.4. The Morgan fingerprint density at radius 2 is 1.58 bits per heavy atom. The molecule has 0 aliphatic heterocycles. The predicted molar refractivity (Wildman–Crippen MR) is 59.1 cm³/mol. The Kier molecular flexibility index (Phi) is 3.57. The van der Waals surface area contributed by atoms with Crippen LogP contribution in [0.3, 0.4) is 0 Å². The van der Waals surface area contributed by atoms with Crippen LogP contribution >= 0.6 is 0 Å². The fourth-order valence-corrected chi connectivity index (χ4v) is 4.62. The Labute approximate surface area is 78.1 Å². The lowest BCUT2D eigenvalue weighted by Gasteiger charge is -2.23. The van der Waals surface area contributed by atoms with Crippen LogP contribution in [-0.2, 0) is 0 Å². The summed E-state index contributed by atoms with van der Waals surface area (Å²) in [7, 11) is -0.921. The SMILES string of the molecule is CC[Si](/C=C\C1CC1)(CC)CC. The van der Waals surface area contributed by atoms with Crippen molar-refractivity contribution in [1.29, 1.82) is 0 Å². The Balaban J connectivity index is 2.49. The molecule has 0 heterocycles. The van der Waals surface area contributed by atoms with Crippen LogP contribution in [0.4, 0.5) is 0 Å². The van der Waals surface area contributed by atoms with Crippen LogP contribution in [0.2, 0.25) is 18.1 Å². The maximum atomic E-state index is 2.63. The Morgan fingerprint density at radius 3 is 1.92 bits per heavy atom. The molecular formula is C11H22Si. The van der Waals surface area contributed by atoms with Crippen molar-refractivity contribution in [3.8, 4) is 0 Å². The number of allylic oxidation sites excluding steroid dienone is 1. The van der Waals surface area contributed by atoms with Crippen molar-refractivity contribution < 1.29 is 0 Å². The molecule has 1 heteroatoms. The monoisotopic (exact) mass is 182 g/mol. The molecule has 1 saturated carbocycles. The van der Waals surface area contributed by atoms with Gasteiger partial charge >= 0.3 is 0 Å². The van der Waals surface area contributed by atoms with Gasteiger partial charge in [-0.25, -0.2) is 0 Å². The standard InChI is InChI=1S/C11H22Si/c1-4-12(5-2,6-3)10-9-11-7-8-11/h9-11H,4-8H2,1-3H3/b10-9-. The van der Waals surface area contributed by atoms with Gasteiger partial charge in [0.05, 0.1) is 8.07 Å². The zero-order valence-electron chi connectivity index (χ0n) is 8.77. The highest BCUT2D eigenvalue weighted by Gasteiger charge is 2.25.